The van der Waals surface area contributed by atoms with Gasteiger partial charge < -0.3 is 9.73 Å². The minimum atomic E-state index is 0.717. The molecule has 0 bridgehead atoms. The average molecular weight is 220 g/mol. The summed E-state index contributed by atoms with van der Waals surface area (Å²) in [4.78, 5) is 4.71. The van der Waals surface area contributed by atoms with Crippen LogP contribution in [0.25, 0.3) is 0 Å². The highest BCUT2D eigenvalue weighted by molar-refractivity contribution is 5.20. The van der Waals surface area contributed by atoms with Crippen LogP contribution in [0.1, 0.15) is 49.4 Å². The molecule has 16 heavy (non-hydrogen) atoms. The van der Waals surface area contributed by atoms with Crippen molar-refractivity contribution in [2.75, 3.05) is 13.1 Å². The molecule has 1 atom stereocenters. The molecule has 0 radical (unpaired) electrons. The van der Waals surface area contributed by atoms with Crippen molar-refractivity contribution < 1.29 is 4.42 Å². The van der Waals surface area contributed by atoms with Crippen molar-refractivity contribution in [3.05, 3.63) is 17.3 Å². The van der Waals surface area contributed by atoms with Gasteiger partial charge in [0.25, 0.3) is 0 Å². The number of rotatable bonds is 4. The second-order valence-corrected chi connectivity index (χ2v) is 5.11. The van der Waals surface area contributed by atoms with Crippen LogP contribution in [0.5, 0.6) is 0 Å². The molecule has 1 aliphatic carbocycles. The molecule has 0 amide bonds. The second-order valence-electron chi connectivity index (χ2n) is 5.11. The van der Waals surface area contributed by atoms with E-state index in [0.717, 1.165) is 43.5 Å². The van der Waals surface area contributed by atoms with Crippen LogP contribution in [0, 0.1) is 5.92 Å². The first-order valence-electron chi connectivity index (χ1n) is 6.56. The molecule has 3 rings (SSSR count). The van der Waals surface area contributed by atoms with Crippen LogP contribution < -0.4 is 5.32 Å². The summed E-state index contributed by atoms with van der Waals surface area (Å²) >= 11 is 0. The van der Waals surface area contributed by atoms with Crippen LogP contribution >= 0.6 is 0 Å². The number of aromatic nitrogens is 1. The largest absolute Gasteiger partial charge is 0.445 e. The van der Waals surface area contributed by atoms with E-state index < -0.39 is 0 Å². The van der Waals surface area contributed by atoms with Gasteiger partial charge in [0.2, 0.25) is 0 Å². The quantitative estimate of drug-likeness (QED) is 0.846. The number of aryl methyl sites for hydroxylation is 1. The summed E-state index contributed by atoms with van der Waals surface area (Å²) in [6, 6.07) is 0. The zero-order valence-electron chi connectivity index (χ0n) is 9.96. The van der Waals surface area contributed by atoms with Gasteiger partial charge in [-0.1, -0.05) is 6.92 Å². The summed E-state index contributed by atoms with van der Waals surface area (Å²) in [6.07, 6.45) is 5.89. The van der Waals surface area contributed by atoms with Crippen molar-refractivity contribution >= 4 is 0 Å². The predicted octanol–water partition coefficient (Wildman–Crippen LogP) is 2.27. The van der Waals surface area contributed by atoms with E-state index in [1.54, 1.807) is 0 Å². The maximum atomic E-state index is 5.89. The summed E-state index contributed by atoms with van der Waals surface area (Å²) in [5, 5.41) is 3.39. The molecule has 1 saturated heterocycles. The Hall–Kier alpha value is -0.830. The fourth-order valence-corrected chi connectivity index (χ4v) is 2.57. The van der Waals surface area contributed by atoms with Crippen molar-refractivity contribution in [2.45, 2.75) is 44.9 Å². The van der Waals surface area contributed by atoms with E-state index in [9.17, 15) is 0 Å². The number of nitrogens with one attached hydrogen (secondary N) is 1. The fourth-order valence-electron chi connectivity index (χ4n) is 2.57. The van der Waals surface area contributed by atoms with Gasteiger partial charge in [-0.3, -0.25) is 0 Å². The Labute approximate surface area is 96.6 Å². The minimum Gasteiger partial charge on any atom is -0.445 e. The van der Waals surface area contributed by atoms with E-state index in [-0.39, 0.29) is 0 Å². The van der Waals surface area contributed by atoms with Crippen molar-refractivity contribution in [2.24, 2.45) is 5.92 Å². The van der Waals surface area contributed by atoms with Gasteiger partial charge in [0.1, 0.15) is 5.76 Å². The molecule has 0 spiro atoms. The molecule has 3 nitrogen and oxygen atoms in total. The minimum absolute atomic E-state index is 0.717. The molecule has 0 aromatic carbocycles. The van der Waals surface area contributed by atoms with Gasteiger partial charge in [-0.15, -0.1) is 0 Å². The maximum Gasteiger partial charge on any atom is 0.194 e. The van der Waals surface area contributed by atoms with Gasteiger partial charge in [0, 0.05) is 18.8 Å². The van der Waals surface area contributed by atoms with E-state index in [4.69, 9.17) is 9.40 Å². The van der Waals surface area contributed by atoms with Crippen LogP contribution in [-0.2, 0) is 12.8 Å². The highest BCUT2D eigenvalue weighted by Gasteiger charge is 2.30. The first kappa shape index (κ1) is 10.3. The smallest absolute Gasteiger partial charge is 0.194 e. The van der Waals surface area contributed by atoms with Crippen LogP contribution in [0.3, 0.4) is 0 Å². The van der Waals surface area contributed by atoms with E-state index in [1.807, 2.05) is 0 Å². The Bertz CT molecular complexity index is 362. The Morgan fingerprint density at radius 3 is 2.88 bits per heavy atom. The summed E-state index contributed by atoms with van der Waals surface area (Å²) in [5.74, 6) is 3.57. The normalized spacial score (nSPS) is 25.2. The molecule has 2 fully saturated rings. The van der Waals surface area contributed by atoms with Gasteiger partial charge in [-0.2, -0.15) is 0 Å². The molecule has 2 heterocycles. The number of oxazole rings is 1. The van der Waals surface area contributed by atoms with Gasteiger partial charge >= 0.3 is 0 Å². The van der Waals surface area contributed by atoms with Crippen LogP contribution in [0.15, 0.2) is 4.42 Å². The van der Waals surface area contributed by atoms with E-state index in [0.29, 0.717) is 5.92 Å². The van der Waals surface area contributed by atoms with Crippen molar-refractivity contribution in [1.82, 2.24) is 10.3 Å². The molecular weight excluding hydrogens is 200 g/mol. The summed E-state index contributed by atoms with van der Waals surface area (Å²) in [6.45, 7) is 4.44. The zero-order chi connectivity index (χ0) is 11.0. The third kappa shape index (κ3) is 2.01. The summed E-state index contributed by atoms with van der Waals surface area (Å²) in [7, 11) is 0. The summed E-state index contributed by atoms with van der Waals surface area (Å²) in [5.41, 5.74) is 1.27. The lowest BCUT2D eigenvalue weighted by atomic mass is 10.1. The fraction of sp³-hybridized carbons (Fsp3) is 0.769. The van der Waals surface area contributed by atoms with Gasteiger partial charge in [0.05, 0.1) is 5.69 Å². The van der Waals surface area contributed by atoms with E-state index in [1.165, 1.54) is 25.0 Å². The standard InChI is InChI=1S/C13H20N2O/c1-2-11-13(10-3-4-10)15-12(16-11)7-9-5-6-14-8-9/h9-10,14H,2-8H2,1H3. The van der Waals surface area contributed by atoms with Crippen molar-refractivity contribution in [1.29, 1.82) is 0 Å². The Morgan fingerprint density at radius 1 is 1.38 bits per heavy atom. The molecule has 2 aliphatic rings. The third-order valence-electron chi connectivity index (χ3n) is 3.68. The van der Waals surface area contributed by atoms with E-state index >= 15 is 0 Å². The van der Waals surface area contributed by atoms with Crippen molar-refractivity contribution in [3.8, 4) is 0 Å². The molecule has 1 aromatic rings. The predicted molar refractivity (Wildman–Crippen MR) is 62.5 cm³/mol. The summed E-state index contributed by atoms with van der Waals surface area (Å²) < 4.78 is 5.89. The lowest BCUT2D eigenvalue weighted by Crippen LogP contribution is -2.10. The lowest BCUT2D eigenvalue weighted by molar-refractivity contribution is 0.419. The SMILES string of the molecule is CCc1oc(CC2CCNC2)nc1C1CC1. The van der Waals surface area contributed by atoms with Crippen molar-refractivity contribution in [3.63, 3.8) is 0 Å². The number of nitrogens with zero attached hydrogens (tertiary/aromatic N) is 1. The zero-order valence-corrected chi connectivity index (χ0v) is 9.96. The highest BCUT2D eigenvalue weighted by atomic mass is 16.4. The molecule has 3 heteroatoms. The first-order valence-corrected chi connectivity index (χ1v) is 6.56. The second kappa shape index (κ2) is 4.21. The molecule has 1 N–H and O–H groups in total. The Balaban J connectivity index is 1.73. The molecule has 1 saturated carbocycles. The first-order chi connectivity index (χ1) is 7.86. The number of hydrogen-bond acceptors (Lipinski definition) is 3. The van der Waals surface area contributed by atoms with Crippen LogP contribution in [0.4, 0.5) is 0 Å². The highest BCUT2D eigenvalue weighted by Crippen LogP contribution is 2.41. The molecule has 1 unspecified atom stereocenters. The Morgan fingerprint density at radius 2 is 2.25 bits per heavy atom. The van der Waals surface area contributed by atoms with E-state index in [2.05, 4.69) is 12.2 Å². The monoisotopic (exact) mass is 220 g/mol. The van der Waals surface area contributed by atoms with Gasteiger partial charge in [0.15, 0.2) is 5.89 Å². The third-order valence-corrected chi connectivity index (χ3v) is 3.68. The van der Waals surface area contributed by atoms with Gasteiger partial charge in [-0.05, 0) is 38.3 Å². The lowest BCUT2D eigenvalue weighted by Gasteiger charge is -2.02. The van der Waals surface area contributed by atoms with Crippen LogP contribution in [0.2, 0.25) is 0 Å². The number of hydrogen-bond donors (Lipinski definition) is 1. The average Bonchev–Trinajstić information content (AvgIpc) is 2.86. The van der Waals surface area contributed by atoms with Crippen LogP contribution in [-0.4, -0.2) is 18.1 Å². The molecular formula is C13H20N2O. The Kier molecular flexibility index (Phi) is 2.72. The molecule has 88 valence electrons. The maximum absolute atomic E-state index is 5.89. The molecule has 1 aliphatic heterocycles. The topological polar surface area (TPSA) is 38.1 Å². The molecule has 1 aromatic heterocycles. The van der Waals surface area contributed by atoms with Gasteiger partial charge in [-0.25, -0.2) is 4.98 Å².